The van der Waals surface area contributed by atoms with Crippen LogP contribution in [-0.4, -0.2) is 52.2 Å². The van der Waals surface area contributed by atoms with Gasteiger partial charge < -0.3 is 15.0 Å². The molecule has 0 spiro atoms. The molecule has 1 aromatic carbocycles. The lowest BCUT2D eigenvalue weighted by Gasteiger charge is -2.40. The molecule has 2 saturated heterocycles. The van der Waals surface area contributed by atoms with Crippen molar-refractivity contribution in [2.24, 2.45) is 11.8 Å². The molecule has 0 amide bonds. The smallest absolute Gasteiger partial charge is 0.143 e. The number of rotatable bonds is 4. The number of aryl methyl sites for hydroxylation is 1. The van der Waals surface area contributed by atoms with Crippen LogP contribution < -0.4 is 5.32 Å². The third-order valence-corrected chi connectivity index (χ3v) is 8.03. The Morgan fingerprint density at radius 1 is 1.06 bits per heavy atom. The van der Waals surface area contributed by atoms with Crippen LogP contribution in [0, 0.1) is 17.7 Å². The minimum absolute atomic E-state index is 0.0662. The maximum atomic E-state index is 14.0. The molecule has 7 rings (SSSR count). The third kappa shape index (κ3) is 3.13. The van der Waals surface area contributed by atoms with Gasteiger partial charge >= 0.3 is 0 Å². The molecule has 32 heavy (non-hydrogen) atoms. The molecule has 2 aromatic heterocycles. The molecule has 7 heteroatoms. The molecule has 3 aromatic rings. The Bertz CT molecular complexity index is 1160. The van der Waals surface area contributed by atoms with Crippen molar-refractivity contribution in [1.82, 2.24) is 19.9 Å². The number of H-pyrrole nitrogens is 1. The van der Waals surface area contributed by atoms with Gasteiger partial charge in [0, 0.05) is 36.7 Å². The summed E-state index contributed by atoms with van der Waals surface area (Å²) in [4.78, 5) is 15.3. The van der Waals surface area contributed by atoms with Gasteiger partial charge in [0.25, 0.3) is 0 Å². The van der Waals surface area contributed by atoms with Crippen LogP contribution in [0.25, 0.3) is 11.0 Å². The van der Waals surface area contributed by atoms with Crippen LogP contribution in [0.5, 0.6) is 0 Å². The molecule has 6 nitrogen and oxygen atoms in total. The van der Waals surface area contributed by atoms with E-state index in [4.69, 9.17) is 4.74 Å². The highest BCUT2D eigenvalue weighted by molar-refractivity contribution is 5.88. The zero-order chi connectivity index (χ0) is 21.2. The van der Waals surface area contributed by atoms with E-state index >= 15 is 0 Å². The van der Waals surface area contributed by atoms with Crippen molar-refractivity contribution in [3.05, 3.63) is 53.2 Å². The second kappa shape index (κ2) is 7.25. The number of benzene rings is 1. The number of fused-ring (bicyclic) bond motifs is 3. The molecule has 4 atom stereocenters. The normalized spacial score (nSPS) is 29.9. The van der Waals surface area contributed by atoms with E-state index < -0.39 is 0 Å². The maximum Gasteiger partial charge on any atom is 0.143 e. The summed E-state index contributed by atoms with van der Waals surface area (Å²) in [5, 5.41) is 4.85. The monoisotopic (exact) mass is 433 g/mol. The Morgan fingerprint density at radius 2 is 1.91 bits per heavy atom. The fraction of sp³-hybridized carbons (Fsp3) is 0.520. The van der Waals surface area contributed by atoms with Crippen LogP contribution in [0.2, 0.25) is 0 Å². The van der Waals surface area contributed by atoms with Crippen LogP contribution in [0.3, 0.4) is 0 Å². The lowest BCUT2D eigenvalue weighted by Crippen LogP contribution is -2.44. The van der Waals surface area contributed by atoms with Crippen molar-refractivity contribution in [2.75, 3.05) is 31.6 Å². The highest BCUT2D eigenvalue weighted by Gasteiger charge is 2.43. The van der Waals surface area contributed by atoms with Crippen molar-refractivity contribution in [3.8, 4) is 0 Å². The topological polar surface area (TPSA) is 66.1 Å². The molecule has 4 heterocycles. The van der Waals surface area contributed by atoms with E-state index in [1.165, 1.54) is 24.1 Å². The second-order valence-corrected chi connectivity index (χ2v) is 10.1. The summed E-state index contributed by atoms with van der Waals surface area (Å²) in [6, 6.07) is 7.92. The first kappa shape index (κ1) is 19.0. The lowest BCUT2D eigenvalue weighted by molar-refractivity contribution is 0.127. The van der Waals surface area contributed by atoms with Gasteiger partial charge in [-0.1, -0.05) is 6.07 Å². The Morgan fingerprint density at radius 3 is 2.72 bits per heavy atom. The molecule has 2 N–H and O–H groups in total. The van der Waals surface area contributed by atoms with Crippen molar-refractivity contribution < 1.29 is 9.13 Å². The lowest BCUT2D eigenvalue weighted by atomic mass is 9.83. The average Bonchev–Trinajstić information content (AvgIpc) is 3.20. The number of likely N-dealkylation sites (tertiary alicyclic amines) is 1. The molecule has 0 bridgehead atoms. The van der Waals surface area contributed by atoms with Crippen molar-refractivity contribution in [3.63, 3.8) is 0 Å². The standard InChI is InChI=1S/C25H28FN5O/c26-18-4-5-19-15(7-18)3-6-22(31-9-16-11-32-12-17(16)10-31)23(19)30-25-20-8-21(14-1-2-14)29-24(20)27-13-28-25/h4-5,7-8,13-14,16-17,22-23H,1-3,6,9-12H2,(H2,27,28,29,30)/t16-,17?,22+,23+/m0/s1. The van der Waals surface area contributed by atoms with Crippen LogP contribution >= 0.6 is 0 Å². The molecule has 4 aliphatic rings. The summed E-state index contributed by atoms with van der Waals surface area (Å²) < 4.78 is 19.7. The van der Waals surface area contributed by atoms with Crippen LogP contribution in [0.4, 0.5) is 10.2 Å². The first-order valence-electron chi connectivity index (χ1n) is 11.9. The Hall–Kier alpha value is -2.51. The van der Waals surface area contributed by atoms with Crippen molar-refractivity contribution in [2.45, 2.75) is 43.7 Å². The zero-order valence-corrected chi connectivity index (χ0v) is 18.1. The Balaban J connectivity index is 1.26. The summed E-state index contributed by atoms with van der Waals surface area (Å²) in [7, 11) is 0. The van der Waals surface area contributed by atoms with Gasteiger partial charge in [-0.25, -0.2) is 14.4 Å². The Kier molecular flexibility index (Phi) is 4.31. The Labute approximate surface area is 186 Å². The van der Waals surface area contributed by atoms with Crippen molar-refractivity contribution in [1.29, 1.82) is 0 Å². The SMILES string of the molecule is Fc1ccc2c(c1)CC[C@@H](N1CC3COC[C@@H]3C1)[C@@H]2Nc1ncnc2[nH]c(C3CC3)cc12. The molecule has 2 aliphatic carbocycles. The average molecular weight is 434 g/mol. The summed E-state index contributed by atoms with van der Waals surface area (Å²) in [5.74, 6) is 2.63. The molecular formula is C25H28FN5O. The van der Waals surface area contributed by atoms with E-state index in [9.17, 15) is 4.39 Å². The van der Waals surface area contributed by atoms with Gasteiger partial charge in [0.2, 0.25) is 0 Å². The summed E-state index contributed by atoms with van der Waals surface area (Å²) in [6.07, 6.45) is 6.05. The molecule has 0 radical (unpaired) electrons. The first-order valence-corrected chi connectivity index (χ1v) is 11.9. The minimum Gasteiger partial charge on any atom is -0.381 e. The maximum absolute atomic E-state index is 14.0. The number of aromatic nitrogens is 3. The summed E-state index contributed by atoms with van der Waals surface area (Å²) in [6.45, 7) is 3.93. The number of aromatic amines is 1. The second-order valence-electron chi connectivity index (χ2n) is 10.1. The zero-order valence-electron chi connectivity index (χ0n) is 18.1. The van der Waals surface area contributed by atoms with Gasteiger partial charge in [-0.3, -0.25) is 4.90 Å². The molecule has 166 valence electrons. The first-order chi connectivity index (χ1) is 15.7. The third-order valence-electron chi connectivity index (χ3n) is 8.03. The summed E-state index contributed by atoms with van der Waals surface area (Å²) in [5.41, 5.74) is 4.46. The fourth-order valence-corrected chi connectivity index (χ4v) is 6.17. The molecule has 1 saturated carbocycles. The highest BCUT2D eigenvalue weighted by Crippen LogP contribution is 2.43. The fourth-order valence-electron chi connectivity index (χ4n) is 6.17. The predicted octanol–water partition coefficient (Wildman–Crippen LogP) is 4.02. The largest absolute Gasteiger partial charge is 0.381 e. The van der Waals surface area contributed by atoms with E-state index in [-0.39, 0.29) is 11.9 Å². The van der Waals surface area contributed by atoms with Gasteiger partial charge in [-0.15, -0.1) is 0 Å². The molecular weight excluding hydrogens is 405 g/mol. The van der Waals surface area contributed by atoms with Crippen molar-refractivity contribution >= 4 is 16.9 Å². The van der Waals surface area contributed by atoms with E-state index in [1.807, 2.05) is 6.07 Å². The van der Waals surface area contributed by atoms with E-state index in [2.05, 4.69) is 31.2 Å². The van der Waals surface area contributed by atoms with Gasteiger partial charge in [0.1, 0.15) is 23.6 Å². The number of nitrogens with one attached hydrogen (secondary N) is 2. The van der Waals surface area contributed by atoms with Gasteiger partial charge in [0.15, 0.2) is 0 Å². The van der Waals surface area contributed by atoms with Gasteiger partial charge in [-0.2, -0.15) is 0 Å². The van der Waals surface area contributed by atoms with Crippen LogP contribution in [0.1, 0.15) is 48.0 Å². The van der Waals surface area contributed by atoms with E-state index in [0.29, 0.717) is 23.8 Å². The predicted molar refractivity (Wildman–Crippen MR) is 120 cm³/mol. The minimum atomic E-state index is -0.155. The van der Waals surface area contributed by atoms with E-state index in [1.54, 1.807) is 18.5 Å². The van der Waals surface area contributed by atoms with Gasteiger partial charge in [-0.05, 0) is 60.9 Å². The highest BCUT2D eigenvalue weighted by atomic mass is 19.1. The van der Waals surface area contributed by atoms with Crippen LogP contribution in [-0.2, 0) is 11.2 Å². The number of ether oxygens (including phenoxy) is 1. The van der Waals surface area contributed by atoms with E-state index in [0.717, 1.165) is 61.6 Å². The number of hydrogen-bond acceptors (Lipinski definition) is 5. The number of halogens is 1. The molecule has 2 aliphatic heterocycles. The van der Waals surface area contributed by atoms with Crippen LogP contribution in [0.15, 0.2) is 30.6 Å². The molecule has 3 fully saturated rings. The quantitative estimate of drug-likeness (QED) is 0.651. The number of nitrogens with zero attached hydrogens (tertiary/aromatic N) is 3. The molecule has 1 unspecified atom stereocenters. The van der Waals surface area contributed by atoms with Gasteiger partial charge in [0.05, 0.1) is 24.6 Å². The number of anilines is 1. The number of hydrogen-bond donors (Lipinski definition) is 2. The summed E-state index contributed by atoms with van der Waals surface area (Å²) >= 11 is 0.